The number of anilines is 1. The van der Waals surface area contributed by atoms with Gasteiger partial charge in [0.25, 0.3) is 5.91 Å². The summed E-state index contributed by atoms with van der Waals surface area (Å²) in [4.78, 5) is 26.6. The monoisotopic (exact) mass is 435 g/mol. The van der Waals surface area contributed by atoms with Crippen LogP contribution < -0.4 is 10.0 Å². The molecule has 1 atom stereocenters. The zero-order valence-corrected chi connectivity index (χ0v) is 17.5. The summed E-state index contributed by atoms with van der Waals surface area (Å²) >= 11 is 12.3. The molecule has 1 saturated heterocycles. The number of amides is 2. The lowest BCUT2D eigenvalue weighted by atomic mass is 10.0. The highest BCUT2D eigenvalue weighted by molar-refractivity contribution is 7.88. The summed E-state index contributed by atoms with van der Waals surface area (Å²) < 4.78 is 25.5. The Morgan fingerprint density at radius 3 is 2.63 bits per heavy atom. The average Bonchev–Trinajstić information content (AvgIpc) is 2.55. The smallest absolute Gasteiger partial charge is 0.256 e. The van der Waals surface area contributed by atoms with E-state index in [4.69, 9.17) is 23.2 Å². The molecule has 27 heavy (non-hydrogen) atoms. The van der Waals surface area contributed by atoms with Crippen molar-refractivity contribution in [3.8, 4) is 0 Å². The van der Waals surface area contributed by atoms with Crippen LogP contribution in [0.5, 0.6) is 0 Å². The second-order valence-corrected chi connectivity index (χ2v) is 9.21. The number of hydrogen-bond donors (Lipinski definition) is 2. The summed E-state index contributed by atoms with van der Waals surface area (Å²) in [5.41, 5.74) is 0.416. The molecule has 0 spiro atoms. The second-order valence-electron chi connectivity index (χ2n) is 6.59. The van der Waals surface area contributed by atoms with Gasteiger partial charge in [-0.2, -0.15) is 0 Å². The number of hydrogen-bond acceptors (Lipinski definition) is 4. The van der Waals surface area contributed by atoms with E-state index in [0.717, 1.165) is 6.26 Å². The maximum absolute atomic E-state index is 13.1. The average molecular weight is 436 g/mol. The minimum atomic E-state index is -3.37. The van der Waals surface area contributed by atoms with Crippen molar-refractivity contribution in [2.24, 2.45) is 0 Å². The quantitative estimate of drug-likeness (QED) is 0.717. The van der Waals surface area contributed by atoms with Crippen LogP contribution >= 0.6 is 23.2 Å². The first-order valence-electron chi connectivity index (χ1n) is 8.66. The normalized spacial score (nSPS) is 17.6. The number of likely N-dealkylation sites (tertiary alicyclic amines) is 1. The van der Waals surface area contributed by atoms with E-state index in [9.17, 15) is 18.0 Å². The molecule has 1 fully saturated rings. The molecular weight excluding hydrogens is 413 g/mol. The van der Waals surface area contributed by atoms with Gasteiger partial charge in [-0.25, -0.2) is 13.1 Å². The molecule has 10 heteroatoms. The highest BCUT2D eigenvalue weighted by atomic mass is 35.5. The summed E-state index contributed by atoms with van der Waals surface area (Å²) in [7, 11) is -3.37. The molecule has 1 aliphatic rings. The Hall–Kier alpha value is -1.35. The van der Waals surface area contributed by atoms with Crippen molar-refractivity contribution in [3.63, 3.8) is 0 Å². The lowest BCUT2D eigenvalue weighted by Gasteiger charge is -2.33. The van der Waals surface area contributed by atoms with Crippen molar-refractivity contribution in [2.45, 2.75) is 38.6 Å². The van der Waals surface area contributed by atoms with Crippen LogP contribution in [0.3, 0.4) is 0 Å². The molecule has 1 aliphatic heterocycles. The topological polar surface area (TPSA) is 95.6 Å². The standard InChI is InChI=1S/C17H23Cl2N3O4S/c1-3-5-15(23)20-16-13(8-11(18)9-14(16)19)17(24)22-7-4-6-12(10-22)21-27(2,25)26/h8-9,12,21H,3-7,10H2,1-2H3,(H,20,23). The molecule has 0 aromatic heterocycles. The van der Waals surface area contributed by atoms with E-state index in [2.05, 4.69) is 10.0 Å². The molecule has 0 aliphatic carbocycles. The van der Waals surface area contributed by atoms with Crippen molar-refractivity contribution >= 4 is 50.7 Å². The molecule has 7 nitrogen and oxygen atoms in total. The van der Waals surface area contributed by atoms with E-state index in [1.165, 1.54) is 12.1 Å². The van der Waals surface area contributed by atoms with E-state index in [1.807, 2.05) is 6.92 Å². The molecule has 2 rings (SSSR count). The van der Waals surface area contributed by atoms with Crippen LogP contribution in [-0.4, -0.2) is 50.5 Å². The van der Waals surface area contributed by atoms with Crippen LogP contribution in [0.1, 0.15) is 43.0 Å². The first-order chi connectivity index (χ1) is 12.6. The maximum Gasteiger partial charge on any atom is 0.256 e. The van der Waals surface area contributed by atoms with Crippen molar-refractivity contribution in [1.82, 2.24) is 9.62 Å². The predicted molar refractivity (Wildman–Crippen MR) is 107 cm³/mol. The molecule has 1 heterocycles. The van der Waals surface area contributed by atoms with Gasteiger partial charge in [0.05, 0.1) is 22.5 Å². The molecule has 1 aromatic carbocycles. The fourth-order valence-electron chi connectivity index (χ4n) is 3.03. The largest absolute Gasteiger partial charge is 0.337 e. The molecule has 0 bridgehead atoms. The number of carbonyl (C=O) groups excluding carboxylic acids is 2. The Kier molecular flexibility index (Phi) is 7.50. The van der Waals surface area contributed by atoms with Crippen LogP contribution in [-0.2, 0) is 14.8 Å². The van der Waals surface area contributed by atoms with Crippen LogP contribution in [0.25, 0.3) is 0 Å². The Labute approximate surface area is 169 Å². The van der Waals surface area contributed by atoms with E-state index in [0.29, 0.717) is 32.2 Å². The van der Waals surface area contributed by atoms with E-state index >= 15 is 0 Å². The van der Waals surface area contributed by atoms with Gasteiger partial charge >= 0.3 is 0 Å². The van der Waals surface area contributed by atoms with Gasteiger partial charge in [0.2, 0.25) is 15.9 Å². The lowest BCUT2D eigenvalue weighted by molar-refractivity contribution is -0.116. The van der Waals surface area contributed by atoms with Gasteiger partial charge < -0.3 is 10.2 Å². The number of carbonyl (C=O) groups is 2. The molecule has 150 valence electrons. The van der Waals surface area contributed by atoms with Crippen molar-refractivity contribution < 1.29 is 18.0 Å². The molecular formula is C17H23Cl2N3O4S. The SMILES string of the molecule is CCCC(=O)Nc1c(Cl)cc(Cl)cc1C(=O)N1CCCC(NS(C)(=O)=O)C1. The second kappa shape index (κ2) is 9.23. The Balaban J connectivity index is 2.27. The summed E-state index contributed by atoms with van der Waals surface area (Å²) in [6.07, 6.45) is 3.35. The zero-order chi connectivity index (χ0) is 20.2. The van der Waals surface area contributed by atoms with Crippen molar-refractivity contribution in [1.29, 1.82) is 0 Å². The van der Waals surface area contributed by atoms with Crippen LogP contribution in [0.4, 0.5) is 5.69 Å². The minimum Gasteiger partial charge on any atom is -0.337 e. The summed E-state index contributed by atoms with van der Waals surface area (Å²) in [6, 6.07) is 2.57. The fourth-order valence-corrected chi connectivity index (χ4v) is 4.37. The van der Waals surface area contributed by atoms with E-state index in [1.54, 1.807) is 4.90 Å². The fraction of sp³-hybridized carbons (Fsp3) is 0.529. The van der Waals surface area contributed by atoms with Gasteiger partial charge in [-0.15, -0.1) is 0 Å². The molecule has 2 amide bonds. The first kappa shape index (κ1) is 21.9. The number of nitrogens with zero attached hydrogens (tertiary/aromatic N) is 1. The first-order valence-corrected chi connectivity index (χ1v) is 11.3. The highest BCUT2D eigenvalue weighted by Crippen LogP contribution is 2.32. The number of sulfonamides is 1. The van der Waals surface area contributed by atoms with Gasteiger partial charge in [0, 0.05) is 30.6 Å². The number of nitrogens with one attached hydrogen (secondary N) is 2. The molecule has 1 unspecified atom stereocenters. The Bertz CT molecular complexity index is 830. The van der Waals surface area contributed by atoms with Gasteiger partial charge in [0.15, 0.2) is 0 Å². The molecule has 1 aromatic rings. The van der Waals surface area contributed by atoms with Crippen LogP contribution in [0.2, 0.25) is 10.0 Å². The molecule has 0 radical (unpaired) electrons. The van der Waals surface area contributed by atoms with E-state index in [-0.39, 0.29) is 45.7 Å². The van der Waals surface area contributed by atoms with Gasteiger partial charge in [0.1, 0.15) is 0 Å². The van der Waals surface area contributed by atoms with Crippen molar-refractivity contribution in [3.05, 3.63) is 27.7 Å². The van der Waals surface area contributed by atoms with Gasteiger partial charge in [-0.1, -0.05) is 30.1 Å². The third-order valence-corrected chi connectivity index (χ3v) is 5.39. The zero-order valence-electron chi connectivity index (χ0n) is 15.2. The third kappa shape index (κ3) is 6.34. The molecule has 2 N–H and O–H groups in total. The predicted octanol–water partition coefficient (Wildman–Crippen LogP) is 2.89. The third-order valence-electron chi connectivity index (χ3n) is 4.12. The number of rotatable bonds is 6. The molecule has 0 saturated carbocycles. The van der Waals surface area contributed by atoms with E-state index < -0.39 is 10.0 Å². The highest BCUT2D eigenvalue weighted by Gasteiger charge is 2.28. The Morgan fingerprint density at radius 1 is 1.30 bits per heavy atom. The van der Waals surface area contributed by atoms with Gasteiger partial charge in [-0.3, -0.25) is 9.59 Å². The van der Waals surface area contributed by atoms with Crippen molar-refractivity contribution in [2.75, 3.05) is 24.7 Å². The van der Waals surface area contributed by atoms with Crippen LogP contribution in [0.15, 0.2) is 12.1 Å². The Morgan fingerprint density at radius 2 is 2.00 bits per heavy atom. The van der Waals surface area contributed by atoms with Gasteiger partial charge in [-0.05, 0) is 31.4 Å². The minimum absolute atomic E-state index is 0.179. The summed E-state index contributed by atoms with van der Waals surface area (Å²) in [5.74, 6) is -0.600. The number of piperidine rings is 1. The number of halogens is 2. The number of benzene rings is 1. The maximum atomic E-state index is 13.1. The summed E-state index contributed by atoms with van der Waals surface area (Å²) in [6.45, 7) is 2.59. The lowest BCUT2D eigenvalue weighted by Crippen LogP contribution is -2.49. The summed E-state index contributed by atoms with van der Waals surface area (Å²) in [5, 5.41) is 3.14. The van der Waals surface area contributed by atoms with Crippen LogP contribution in [0, 0.1) is 0 Å².